The Balaban J connectivity index is 2.04. The van der Waals surface area contributed by atoms with Gasteiger partial charge < -0.3 is 10.6 Å². The van der Waals surface area contributed by atoms with Crippen LogP contribution in [-0.4, -0.2) is 35.5 Å². The molecule has 0 saturated heterocycles. The molecule has 0 spiro atoms. The molecule has 0 bridgehead atoms. The first kappa shape index (κ1) is 32.5. The van der Waals surface area contributed by atoms with E-state index in [1.807, 2.05) is 34.6 Å². The zero-order valence-electron chi connectivity index (χ0n) is 25.3. The molecule has 6 heteroatoms. The fourth-order valence-electron chi connectivity index (χ4n) is 7.05. The van der Waals surface area contributed by atoms with E-state index in [2.05, 4.69) is 24.5 Å². The van der Waals surface area contributed by atoms with Crippen LogP contribution in [0.5, 0.6) is 0 Å². The molecule has 0 radical (unpaired) electrons. The van der Waals surface area contributed by atoms with E-state index in [0.29, 0.717) is 12.2 Å². The molecule has 6 nitrogen and oxygen atoms in total. The Morgan fingerprint density at radius 2 is 1.29 bits per heavy atom. The first-order valence-corrected chi connectivity index (χ1v) is 15.7. The number of ketones is 2. The molecule has 38 heavy (non-hydrogen) atoms. The van der Waals surface area contributed by atoms with Crippen molar-refractivity contribution in [2.75, 3.05) is 0 Å². The van der Waals surface area contributed by atoms with E-state index in [-0.39, 0.29) is 71.6 Å². The van der Waals surface area contributed by atoms with Crippen LogP contribution in [0.15, 0.2) is 0 Å². The highest BCUT2D eigenvalue weighted by Gasteiger charge is 2.39. The summed E-state index contributed by atoms with van der Waals surface area (Å²) in [6.07, 6.45) is 10.6. The van der Waals surface area contributed by atoms with Crippen LogP contribution in [-0.2, 0) is 19.2 Å². The highest BCUT2D eigenvalue weighted by Crippen LogP contribution is 2.40. The van der Waals surface area contributed by atoms with Gasteiger partial charge >= 0.3 is 0 Å². The van der Waals surface area contributed by atoms with Gasteiger partial charge in [0.15, 0.2) is 0 Å². The summed E-state index contributed by atoms with van der Waals surface area (Å²) in [4.78, 5) is 52.3. The zero-order chi connectivity index (χ0) is 28.4. The average molecular weight is 533 g/mol. The van der Waals surface area contributed by atoms with Gasteiger partial charge in [-0.2, -0.15) is 0 Å². The van der Waals surface area contributed by atoms with Crippen LogP contribution in [0.4, 0.5) is 0 Å². The summed E-state index contributed by atoms with van der Waals surface area (Å²) in [5, 5.41) is 6.33. The topological polar surface area (TPSA) is 92.3 Å². The lowest BCUT2D eigenvalue weighted by molar-refractivity contribution is -0.134. The maximum atomic E-state index is 13.5. The number of hydrogen-bond acceptors (Lipinski definition) is 4. The molecule has 2 rings (SSSR count). The Labute approximate surface area is 232 Å². The van der Waals surface area contributed by atoms with Crippen molar-refractivity contribution in [3.63, 3.8) is 0 Å². The highest BCUT2D eigenvalue weighted by molar-refractivity contribution is 5.88. The average Bonchev–Trinajstić information content (AvgIpc) is 2.86. The third kappa shape index (κ3) is 9.19. The minimum atomic E-state index is -0.400. The first-order valence-electron chi connectivity index (χ1n) is 15.7. The number of Topliss-reactive ketones (excluding diaryl/α,β-unsaturated/α-hetero) is 2. The van der Waals surface area contributed by atoms with Crippen LogP contribution < -0.4 is 10.6 Å². The summed E-state index contributed by atoms with van der Waals surface area (Å²) in [5.41, 5.74) is 0. The van der Waals surface area contributed by atoms with Crippen LogP contribution >= 0.6 is 0 Å². The molecule has 7 atom stereocenters. The second-order valence-electron chi connectivity index (χ2n) is 12.9. The van der Waals surface area contributed by atoms with Crippen LogP contribution in [0.25, 0.3) is 0 Å². The number of carbonyl (C=O) groups excluding carboxylic acids is 4. The van der Waals surface area contributed by atoms with Gasteiger partial charge in [0.25, 0.3) is 0 Å². The molecule has 2 fully saturated rings. The van der Waals surface area contributed by atoms with Crippen molar-refractivity contribution in [1.82, 2.24) is 10.6 Å². The smallest absolute Gasteiger partial charge is 0.223 e. The summed E-state index contributed by atoms with van der Waals surface area (Å²) in [6.45, 7) is 13.9. The van der Waals surface area contributed by atoms with Crippen molar-refractivity contribution in [3.8, 4) is 0 Å². The molecule has 2 saturated carbocycles. The third-order valence-corrected chi connectivity index (χ3v) is 9.27. The number of nitrogens with one attached hydrogen (secondary N) is 2. The van der Waals surface area contributed by atoms with Gasteiger partial charge in [-0.25, -0.2) is 0 Å². The van der Waals surface area contributed by atoms with Gasteiger partial charge in [0.05, 0.1) is 0 Å². The van der Waals surface area contributed by atoms with Gasteiger partial charge in [-0.15, -0.1) is 0 Å². The van der Waals surface area contributed by atoms with Crippen molar-refractivity contribution in [2.24, 2.45) is 41.4 Å². The van der Waals surface area contributed by atoms with Gasteiger partial charge in [0.1, 0.15) is 11.6 Å². The van der Waals surface area contributed by atoms with Gasteiger partial charge in [0, 0.05) is 48.6 Å². The first-order chi connectivity index (χ1) is 18.0. The molecule has 2 aliphatic rings. The Hall–Kier alpha value is -1.72. The predicted molar refractivity (Wildman–Crippen MR) is 153 cm³/mol. The molecule has 218 valence electrons. The molecule has 0 aromatic carbocycles. The number of carbonyl (C=O) groups is 4. The minimum Gasteiger partial charge on any atom is -0.354 e. The molecular weight excluding hydrogens is 476 g/mol. The number of amides is 2. The number of hydrogen-bond donors (Lipinski definition) is 2. The van der Waals surface area contributed by atoms with E-state index < -0.39 is 5.92 Å². The van der Waals surface area contributed by atoms with Crippen molar-refractivity contribution in [1.29, 1.82) is 0 Å². The second-order valence-corrected chi connectivity index (χ2v) is 12.9. The van der Waals surface area contributed by atoms with E-state index in [4.69, 9.17) is 0 Å². The SMILES string of the molecule is CC[C@@H](C(=O)C[C@H](C)C(=O)N[C@@H]1CCCC[C@@H]1[C@@H](CC)C(=O)NC(C)C)[C@H]1CCCC[C@H]1CC(=O)C(C)C. The Bertz CT molecular complexity index is 792. The molecule has 0 aromatic rings. The molecule has 0 aliphatic heterocycles. The maximum Gasteiger partial charge on any atom is 0.223 e. The quantitative estimate of drug-likeness (QED) is 0.276. The fourth-order valence-corrected chi connectivity index (χ4v) is 7.05. The summed E-state index contributed by atoms with van der Waals surface area (Å²) >= 11 is 0. The van der Waals surface area contributed by atoms with E-state index in [1.165, 1.54) is 0 Å². The normalized spacial score (nSPS) is 26.4. The molecule has 2 amide bonds. The minimum absolute atomic E-state index is 0.0246. The van der Waals surface area contributed by atoms with Gasteiger partial charge in [-0.1, -0.05) is 60.3 Å². The monoisotopic (exact) mass is 532 g/mol. The van der Waals surface area contributed by atoms with Gasteiger partial charge in [-0.3, -0.25) is 19.2 Å². The Morgan fingerprint density at radius 3 is 1.87 bits per heavy atom. The summed E-state index contributed by atoms with van der Waals surface area (Å²) in [6, 6.07) is 0.0707. The van der Waals surface area contributed by atoms with Crippen LogP contribution in [0, 0.1) is 41.4 Å². The summed E-state index contributed by atoms with van der Waals surface area (Å²) in [7, 11) is 0. The van der Waals surface area contributed by atoms with Crippen LogP contribution in [0.1, 0.15) is 126 Å². The van der Waals surface area contributed by atoms with Gasteiger partial charge in [-0.05, 0) is 70.1 Å². The molecule has 0 unspecified atom stereocenters. The summed E-state index contributed by atoms with van der Waals surface area (Å²) in [5.74, 6) is 0.577. The highest BCUT2D eigenvalue weighted by atomic mass is 16.2. The Kier molecular flexibility index (Phi) is 13.5. The third-order valence-electron chi connectivity index (χ3n) is 9.27. The molecule has 2 aliphatic carbocycles. The lowest BCUT2D eigenvalue weighted by atomic mass is 9.67. The van der Waals surface area contributed by atoms with Crippen LogP contribution in [0.2, 0.25) is 0 Å². The second kappa shape index (κ2) is 15.8. The standard InChI is InChI=1S/C32H56N2O4/c1-8-24(26-15-11-10-14-23(26)19-29(35)20(3)4)30(36)18-22(7)31(37)34-28-17-13-12-16-27(28)25(9-2)32(38)33-21(5)6/h20-28H,8-19H2,1-7H3,(H,33,38)(H,34,37)/t22-,23-,24+,25+,26-,27+,28+/m0/s1. The van der Waals surface area contributed by atoms with E-state index in [9.17, 15) is 19.2 Å². The van der Waals surface area contributed by atoms with Crippen molar-refractivity contribution < 1.29 is 19.2 Å². The summed E-state index contributed by atoms with van der Waals surface area (Å²) < 4.78 is 0. The largest absolute Gasteiger partial charge is 0.354 e. The van der Waals surface area contributed by atoms with Crippen molar-refractivity contribution in [2.45, 2.75) is 138 Å². The lowest BCUT2D eigenvalue weighted by Crippen LogP contribution is -2.50. The van der Waals surface area contributed by atoms with Crippen molar-refractivity contribution in [3.05, 3.63) is 0 Å². The molecule has 2 N–H and O–H groups in total. The van der Waals surface area contributed by atoms with Crippen LogP contribution in [0.3, 0.4) is 0 Å². The number of rotatable bonds is 14. The fraction of sp³-hybridized carbons (Fsp3) is 0.875. The predicted octanol–water partition coefficient (Wildman–Crippen LogP) is 6.26. The maximum absolute atomic E-state index is 13.5. The van der Waals surface area contributed by atoms with E-state index in [0.717, 1.165) is 64.2 Å². The lowest BCUT2D eigenvalue weighted by Gasteiger charge is -2.38. The Morgan fingerprint density at radius 1 is 0.711 bits per heavy atom. The van der Waals surface area contributed by atoms with Gasteiger partial charge in [0.2, 0.25) is 11.8 Å². The molecular formula is C32H56N2O4. The zero-order valence-corrected chi connectivity index (χ0v) is 25.3. The van der Waals surface area contributed by atoms with Crippen molar-refractivity contribution >= 4 is 23.4 Å². The van der Waals surface area contributed by atoms with E-state index in [1.54, 1.807) is 0 Å². The molecule has 0 aromatic heterocycles. The molecule has 0 heterocycles. The van der Waals surface area contributed by atoms with E-state index >= 15 is 0 Å².